The van der Waals surface area contributed by atoms with Gasteiger partial charge < -0.3 is 0 Å². The van der Waals surface area contributed by atoms with Gasteiger partial charge in [-0.3, -0.25) is 10.1 Å². The van der Waals surface area contributed by atoms with Crippen molar-refractivity contribution in [3.8, 4) is 0 Å². The van der Waals surface area contributed by atoms with Crippen molar-refractivity contribution in [1.29, 1.82) is 0 Å². The molecule has 1 unspecified atom stereocenters. The summed E-state index contributed by atoms with van der Waals surface area (Å²) in [6, 6.07) is 9.35. The zero-order chi connectivity index (χ0) is 13.2. The summed E-state index contributed by atoms with van der Waals surface area (Å²) in [4.78, 5) is 15.4. The summed E-state index contributed by atoms with van der Waals surface area (Å²) in [6.45, 7) is 0. The number of hydrogen-bond donors (Lipinski definition) is 0. The molecule has 0 saturated carbocycles. The standard InChI is InChI=1S/C15H12N2O2/c18-17(19)15-13-9-5-4-6-11(13)10-14(15)16-12-7-2-1-3-8-12/h1-9,11H,10H2. The van der Waals surface area contributed by atoms with Crippen LogP contribution in [0.1, 0.15) is 6.42 Å². The lowest BCUT2D eigenvalue weighted by molar-refractivity contribution is -0.415. The molecule has 4 nitrogen and oxygen atoms in total. The summed E-state index contributed by atoms with van der Waals surface area (Å²) in [5.41, 5.74) is 2.24. The van der Waals surface area contributed by atoms with Gasteiger partial charge in [0.2, 0.25) is 0 Å². The Morgan fingerprint density at radius 3 is 2.74 bits per heavy atom. The van der Waals surface area contributed by atoms with Crippen molar-refractivity contribution in [2.45, 2.75) is 6.42 Å². The van der Waals surface area contributed by atoms with Gasteiger partial charge in [0.05, 0.1) is 10.6 Å². The monoisotopic (exact) mass is 252 g/mol. The van der Waals surface area contributed by atoms with E-state index in [4.69, 9.17) is 0 Å². The van der Waals surface area contributed by atoms with E-state index in [9.17, 15) is 10.1 Å². The van der Waals surface area contributed by atoms with Crippen LogP contribution in [0.4, 0.5) is 5.69 Å². The summed E-state index contributed by atoms with van der Waals surface area (Å²) < 4.78 is 0. The molecule has 0 amide bonds. The number of rotatable bonds is 2. The summed E-state index contributed by atoms with van der Waals surface area (Å²) in [5, 5.41) is 11.3. The Morgan fingerprint density at radius 2 is 2.00 bits per heavy atom. The van der Waals surface area contributed by atoms with E-state index in [0.29, 0.717) is 12.1 Å². The number of aliphatic imine (C=N–C) groups is 1. The predicted octanol–water partition coefficient (Wildman–Crippen LogP) is 3.44. The predicted molar refractivity (Wildman–Crippen MR) is 73.9 cm³/mol. The van der Waals surface area contributed by atoms with Gasteiger partial charge in [-0.1, -0.05) is 42.5 Å². The molecule has 0 spiro atoms. The highest BCUT2D eigenvalue weighted by Gasteiger charge is 2.36. The lowest BCUT2D eigenvalue weighted by Gasteiger charge is -2.06. The number of para-hydroxylation sites is 1. The number of benzene rings is 1. The summed E-state index contributed by atoms with van der Waals surface area (Å²) in [5.74, 6) is 0.0906. The largest absolute Gasteiger partial charge is 0.294 e. The van der Waals surface area contributed by atoms with E-state index in [1.54, 1.807) is 0 Å². The van der Waals surface area contributed by atoms with E-state index >= 15 is 0 Å². The zero-order valence-electron chi connectivity index (χ0n) is 10.2. The van der Waals surface area contributed by atoms with E-state index in [-0.39, 0.29) is 16.5 Å². The second-order valence-electron chi connectivity index (χ2n) is 4.51. The first-order valence-corrected chi connectivity index (χ1v) is 6.12. The fraction of sp³-hybridized carbons (Fsp3) is 0.133. The Bertz CT molecular complexity index is 639. The molecule has 0 radical (unpaired) electrons. The Balaban J connectivity index is 2.06. The van der Waals surface area contributed by atoms with Crippen LogP contribution in [0.5, 0.6) is 0 Å². The molecule has 94 valence electrons. The third kappa shape index (κ3) is 2.12. The first kappa shape index (κ1) is 11.6. The maximum Gasteiger partial charge on any atom is 0.294 e. The number of nitro groups is 1. The lowest BCUT2D eigenvalue weighted by Crippen LogP contribution is -2.07. The van der Waals surface area contributed by atoms with Crippen molar-refractivity contribution >= 4 is 11.4 Å². The fourth-order valence-corrected chi connectivity index (χ4v) is 2.46. The summed E-state index contributed by atoms with van der Waals surface area (Å²) in [7, 11) is 0. The molecule has 0 heterocycles. The van der Waals surface area contributed by atoms with Crippen molar-refractivity contribution in [2.24, 2.45) is 10.9 Å². The second kappa shape index (κ2) is 4.65. The Hall–Kier alpha value is -2.49. The van der Waals surface area contributed by atoms with Crippen LogP contribution < -0.4 is 0 Å². The van der Waals surface area contributed by atoms with Gasteiger partial charge in [0.1, 0.15) is 5.71 Å². The van der Waals surface area contributed by atoms with Crippen LogP contribution in [-0.4, -0.2) is 10.6 Å². The van der Waals surface area contributed by atoms with Crippen molar-refractivity contribution < 1.29 is 4.92 Å². The molecule has 0 aromatic heterocycles. The van der Waals surface area contributed by atoms with Gasteiger partial charge in [0.15, 0.2) is 0 Å². The highest BCUT2D eigenvalue weighted by atomic mass is 16.6. The molecule has 1 aromatic carbocycles. The van der Waals surface area contributed by atoms with E-state index < -0.39 is 0 Å². The van der Waals surface area contributed by atoms with Crippen LogP contribution in [0.15, 0.2) is 70.9 Å². The van der Waals surface area contributed by atoms with E-state index in [2.05, 4.69) is 4.99 Å². The van der Waals surface area contributed by atoms with Gasteiger partial charge in [0, 0.05) is 17.9 Å². The van der Waals surface area contributed by atoms with Crippen LogP contribution in [0.25, 0.3) is 0 Å². The van der Waals surface area contributed by atoms with Crippen LogP contribution in [0, 0.1) is 16.0 Å². The van der Waals surface area contributed by atoms with Gasteiger partial charge in [0.25, 0.3) is 5.70 Å². The third-order valence-corrected chi connectivity index (χ3v) is 3.29. The average Bonchev–Trinajstić information content (AvgIpc) is 2.77. The topological polar surface area (TPSA) is 55.5 Å². The van der Waals surface area contributed by atoms with Crippen LogP contribution in [0.3, 0.4) is 0 Å². The van der Waals surface area contributed by atoms with E-state index in [0.717, 1.165) is 11.3 Å². The van der Waals surface area contributed by atoms with Crippen molar-refractivity contribution in [2.75, 3.05) is 0 Å². The normalized spacial score (nSPS) is 22.9. The second-order valence-corrected chi connectivity index (χ2v) is 4.51. The molecule has 4 heteroatoms. The maximum absolute atomic E-state index is 11.3. The number of hydrogen-bond acceptors (Lipinski definition) is 3. The molecule has 2 aliphatic rings. The van der Waals surface area contributed by atoms with E-state index in [1.165, 1.54) is 0 Å². The number of nitrogens with zero attached hydrogens (tertiary/aromatic N) is 2. The quantitative estimate of drug-likeness (QED) is 0.598. The SMILES string of the molecule is O=[N+]([O-])C1=C2C=CC=CC2CC1=Nc1ccccc1. The van der Waals surface area contributed by atoms with Crippen LogP contribution in [-0.2, 0) is 0 Å². The van der Waals surface area contributed by atoms with Gasteiger partial charge in [-0.05, 0) is 12.1 Å². The average molecular weight is 252 g/mol. The van der Waals surface area contributed by atoms with Gasteiger partial charge in [-0.15, -0.1) is 0 Å². The number of fused-ring (bicyclic) bond motifs is 1. The van der Waals surface area contributed by atoms with Gasteiger partial charge in [-0.25, -0.2) is 4.99 Å². The molecule has 1 aromatic rings. The molecule has 3 rings (SSSR count). The van der Waals surface area contributed by atoms with Crippen molar-refractivity contribution in [3.05, 3.63) is 76.0 Å². The molecule has 0 saturated heterocycles. The summed E-state index contributed by atoms with van der Waals surface area (Å²) in [6.07, 6.45) is 8.17. The Kier molecular flexibility index (Phi) is 2.83. The van der Waals surface area contributed by atoms with E-state index in [1.807, 2.05) is 54.6 Å². The number of allylic oxidation sites excluding steroid dienone is 6. The van der Waals surface area contributed by atoms with Crippen LogP contribution >= 0.6 is 0 Å². The minimum absolute atomic E-state index is 0.0906. The smallest absolute Gasteiger partial charge is 0.258 e. The van der Waals surface area contributed by atoms with Crippen LogP contribution in [0.2, 0.25) is 0 Å². The van der Waals surface area contributed by atoms with Gasteiger partial charge in [-0.2, -0.15) is 0 Å². The lowest BCUT2D eigenvalue weighted by atomic mass is 9.97. The minimum Gasteiger partial charge on any atom is -0.258 e. The summed E-state index contributed by atoms with van der Waals surface area (Å²) >= 11 is 0. The highest BCUT2D eigenvalue weighted by molar-refractivity contribution is 6.03. The van der Waals surface area contributed by atoms with Gasteiger partial charge >= 0.3 is 0 Å². The molecule has 0 fully saturated rings. The fourth-order valence-electron chi connectivity index (χ4n) is 2.46. The molecule has 2 aliphatic carbocycles. The maximum atomic E-state index is 11.3. The first-order valence-electron chi connectivity index (χ1n) is 6.12. The minimum atomic E-state index is -0.319. The molecule has 19 heavy (non-hydrogen) atoms. The molecule has 1 atom stereocenters. The first-order chi connectivity index (χ1) is 9.25. The van der Waals surface area contributed by atoms with Crippen molar-refractivity contribution in [3.63, 3.8) is 0 Å². The highest BCUT2D eigenvalue weighted by Crippen LogP contribution is 2.35. The molecule has 0 N–H and O–H groups in total. The zero-order valence-corrected chi connectivity index (χ0v) is 10.2. The Labute approximate surface area is 110 Å². The molecule has 0 bridgehead atoms. The molecule has 0 aliphatic heterocycles. The molecular formula is C15H12N2O2. The van der Waals surface area contributed by atoms with Crippen molar-refractivity contribution in [1.82, 2.24) is 0 Å². The molecular weight excluding hydrogens is 240 g/mol. The Morgan fingerprint density at radius 1 is 1.21 bits per heavy atom. The third-order valence-electron chi connectivity index (χ3n) is 3.29.